The number of carbonyl (C=O) groups is 1. The van der Waals surface area contributed by atoms with E-state index in [0.29, 0.717) is 37.4 Å². The lowest BCUT2D eigenvalue weighted by Crippen LogP contribution is -2.50. The van der Waals surface area contributed by atoms with Crippen molar-refractivity contribution in [3.8, 4) is 0 Å². The van der Waals surface area contributed by atoms with Gasteiger partial charge in [0.2, 0.25) is 5.91 Å². The molecule has 2 aromatic rings. The standard InChI is InChI=1S/C20H27N7O3/c1-15-16(2)21-14-27(20(15)29)13-19(28)26-5-3-25(4-6-26)18-11-17(12-22-23-18)24-7-9-30-10-8-24/h11-12,14H,3-10,13H2,1-2H3. The van der Waals surface area contributed by atoms with Gasteiger partial charge in [0.25, 0.3) is 5.56 Å². The monoisotopic (exact) mass is 413 g/mol. The summed E-state index contributed by atoms with van der Waals surface area (Å²) < 4.78 is 6.80. The van der Waals surface area contributed by atoms with Gasteiger partial charge in [-0.15, -0.1) is 5.10 Å². The summed E-state index contributed by atoms with van der Waals surface area (Å²) in [4.78, 5) is 35.4. The third-order valence-electron chi connectivity index (χ3n) is 5.78. The minimum absolute atomic E-state index is 0.0132. The molecule has 0 aromatic carbocycles. The van der Waals surface area contributed by atoms with Crippen molar-refractivity contribution in [3.63, 3.8) is 0 Å². The molecule has 10 nitrogen and oxygen atoms in total. The topological polar surface area (TPSA) is 96.7 Å². The highest BCUT2D eigenvalue weighted by molar-refractivity contribution is 5.76. The van der Waals surface area contributed by atoms with E-state index in [4.69, 9.17) is 4.74 Å². The van der Waals surface area contributed by atoms with E-state index in [1.807, 2.05) is 0 Å². The Kier molecular flexibility index (Phi) is 5.93. The zero-order valence-corrected chi connectivity index (χ0v) is 17.5. The lowest BCUT2D eigenvalue weighted by atomic mass is 10.2. The molecule has 30 heavy (non-hydrogen) atoms. The van der Waals surface area contributed by atoms with E-state index in [2.05, 4.69) is 31.0 Å². The van der Waals surface area contributed by atoms with Crippen LogP contribution in [0.2, 0.25) is 0 Å². The van der Waals surface area contributed by atoms with Crippen molar-refractivity contribution >= 4 is 17.4 Å². The van der Waals surface area contributed by atoms with Crippen molar-refractivity contribution < 1.29 is 9.53 Å². The maximum atomic E-state index is 12.7. The maximum absolute atomic E-state index is 12.7. The van der Waals surface area contributed by atoms with E-state index >= 15 is 0 Å². The predicted octanol–water partition coefficient (Wildman–Crippen LogP) is -0.164. The molecule has 2 aromatic heterocycles. The molecule has 2 aliphatic heterocycles. The first-order valence-electron chi connectivity index (χ1n) is 10.2. The van der Waals surface area contributed by atoms with Gasteiger partial charge >= 0.3 is 0 Å². The Labute approximate surface area is 175 Å². The molecule has 160 valence electrons. The second-order valence-corrected chi connectivity index (χ2v) is 7.63. The normalized spacial score (nSPS) is 17.3. The number of carbonyl (C=O) groups excluding carboxylic acids is 1. The molecule has 4 rings (SSSR count). The summed E-state index contributed by atoms with van der Waals surface area (Å²) >= 11 is 0. The summed E-state index contributed by atoms with van der Waals surface area (Å²) in [6.45, 7) is 9.18. The number of aromatic nitrogens is 4. The smallest absolute Gasteiger partial charge is 0.256 e. The van der Waals surface area contributed by atoms with Crippen LogP contribution in [0.1, 0.15) is 11.3 Å². The first-order valence-corrected chi connectivity index (χ1v) is 10.2. The van der Waals surface area contributed by atoms with E-state index in [9.17, 15) is 9.59 Å². The van der Waals surface area contributed by atoms with Gasteiger partial charge in [-0.1, -0.05) is 0 Å². The Balaban J connectivity index is 1.36. The fraction of sp³-hybridized carbons (Fsp3) is 0.550. The van der Waals surface area contributed by atoms with E-state index in [-0.39, 0.29) is 18.0 Å². The number of rotatable bonds is 4. The van der Waals surface area contributed by atoms with Gasteiger partial charge in [0.1, 0.15) is 6.54 Å². The first kappa shape index (κ1) is 20.3. The van der Waals surface area contributed by atoms with E-state index < -0.39 is 0 Å². The van der Waals surface area contributed by atoms with Gasteiger partial charge in [-0.25, -0.2) is 4.98 Å². The molecule has 0 atom stereocenters. The van der Waals surface area contributed by atoms with Gasteiger partial charge in [0, 0.05) is 56.6 Å². The Morgan fingerprint density at radius 3 is 2.53 bits per heavy atom. The number of anilines is 2. The highest BCUT2D eigenvalue weighted by Gasteiger charge is 2.23. The number of morpholine rings is 1. The Bertz CT molecular complexity index is 963. The quantitative estimate of drug-likeness (QED) is 0.682. The molecule has 10 heteroatoms. The lowest BCUT2D eigenvalue weighted by molar-refractivity contribution is -0.132. The summed E-state index contributed by atoms with van der Waals surface area (Å²) in [6, 6.07) is 2.05. The molecule has 2 aliphatic rings. The fourth-order valence-corrected chi connectivity index (χ4v) is 3.71. The molecule has 0 unspecified atom stereocenters. The molecule has 0 radical (unpaired) electrons. The number of hydrogen-bond acceptors (Lipinski definition) is 8. The van der Waals surface area contributed by atoms with Gasteiger partial charge in [-0.2, -0.15) is 5.10 Å². The number of nitrogens with zero attached hydrogens (tertiary/aromatic N) is 7. The van der Waals surface area contributed by atoms with Crippen molar-refractivity contribution in [2.75, 3.05) is 62.3 Å². The molecule has 2 saturated heterocycles. The SMILES string of the molecule is Cc1ncn(CC(=O)N2CCN(c3cc(N4CCOCC4)cnn3)CC2)c(=O)c1C. The van der Waals surface area contributed by atoms with Crippen LogP contribution in [0.5, 0.6) is 0 Å². The minimum atomic E-state index is -0.162. The fourth-order valence-electron chi connectivity index (χ4n) is 3.71. The molecule has 0 N–H and O–H groups in total. The van der Waals surface area contributed by atoms with Crippen molar-refractivity contribution in [3.05, 3.63) is 40.2 Å². The second-order valence-electron chi connectivity index (χ2n) is 7.63. The number of amides is 1. The molecule has 0 saturated carbocycles. The van der Waals surface area contributed by atoms with Crippen molar-refractivity contribution in [2.24, 2.45) is 0 Å². The van der Waals surface area contributed by atoms with Crippen LogP contribution in [-0.4, -0.2) is 83.0 Å². The van der Waals surface area contributed by atoms with Gasteiger partial charge in [-0.3, -0.25) is 14.2 Å². The summed E-state index contributed by atoms with van der Waals surface area (Å²) in [5.41, 5.74) is 2.15. The summed E-state index contributed by atoms with van der Waals surface area (Å²) in [6.07, 6.45) is 3.23. The van der Waals surface area contributed by atoms with Gasteiger partial charge in [0.15, 0.2) is 5.82 Å². The Morgan fingerprint density at radius 1 is 1.07 bits per heavy atom. The van der Waals surface area contributed by atoms with E-state index in [0.717, 1.165) is 37.8 Å². The summed E-state index contributed by atoms with van der Waals surface area (Å²) in [5.74, 6) is 0.746. The summed E-state index contributed by atoms with van der Waals surface area (Å²) in [7, 11) is 0. The van der Waals surface area contributed by atoms with Crippen molar-refractivity contribution in [1.82, 2.24) is 24.6 Å². The molecule has 1 amide bonds. The predicted molar refractivity (Wildman–Crippen MR) is 112 cm³/mol. The molecule has 0 bridgehead atoms. The number of piperazine rings is 1. The third-order valence-corrected chi connectivity index (χ3v) is 5.78. The van der Waals surface area contributed by atoms with Crippen LogP contribution in [-0.2, 0) is 16.1 Å². The highest BCUT2D eigenvalue weighted by Crippen LogP contribution is 2.21. The van der Waals surface area contributed by atoms with Gasteiger partial charge in [-0.05, 0) is 13.8 Å². The zero-order chi connectivity index (χ0) is 21.1. The molecule has 0 aliphatic carbocycles. The van der Waals surface area contributed by atoms with Crippen molar-refractivity contribution in [2.45, 2.75) is 20.4 Å². The van der Waals surface area contributed by atoms with Crippen LogP contribution >= 0.6 is 0 Å². The van der Waals surface area contributed by atoms with Crippen LogP contribution in [0.3, 0.4) is 0 Å². The van der Waals surface area contributed by atoms with Crippen LogP contribution in [0.4, 0.5) is 11.5 Å². The molecular weight excluding hydrogens is 386 g/mol. The van der Waals surface area contributed by atoms with E-state index in [1.165, 1.54) is 10.9 Å². The van der Waals surface area contributed by atoms with Gasteiger partial charge in [0.05, 0.1) is 31.4 Å². The van der Waals surface area contributed by atoms with Crippen LogP contribution < -0.4 is 15.4 Å². The first-order chi connectivity index (χ1) is 14.5. The average molecular weight is 413 g/mol. The number of hydrogen-bond donors (Lipinski definition) is 0. The zero-order valence-electron chi connectivity index (χ0n) is 17.5. The Morgan fingerprint density at radius 2 is 1.80 bits per heavy atom. The second kappa shape index (κ2) is 8.78. The molecule has 2 fully saturated rings. The number of aryl methyl sites for hydroxylation is 1. The molecule has 4 heterocycles. The number of ether oxygens (including phenoxy) is 1. The average Bonchev–Trinajstić information content (AvgIpc) is 2.80. The van der Waals surface area contributed by atoms with Gasteiger partial charge < -0.3 is 19.4 Å². The minimum Gasteiger partial charge on any atom is -0.378 e. The van der Waals surface area contributed by atoms with Crippen LogP contribution in [0.15, 0.2) is 23.4 Å². The van der Waals surface area contributed by atoms with Crippen molar-refractivity contribution in [1.29, 1.82) is 0 Å². The summed E-state index contributed by atoms with van der Waals surface area (Å²) in [5, 5.41) is 8.46. The van der Waals surface area contributed by atoms with Crippen LogP contribution in [0.25, 0.3) is 0 Å². The highest BCUT2D eigenvalue weighted by atomic mass is 16.5. The largest absolute Gasteiger partial charge is 0.378 e. The van der Waals surface area contributed by atoms with E-state index in [1.54, 1.807) is 24.9 Å². The molecule has 0 spiro atoms. The lowest BCUT2D eigenvalue weighted by Gasteiger charge is -2.36. The third kappa shape index (κ3) is 4.28. The molecular formula is C20H27N7O3. The Hall–Kier alpha value is -3.01. The maximum Gasteiger partial charge on any atom is 0.256 e. The van der Waals surface area contributed by atoms with Crippen LogP contribution in [0, 0.1) is 13.8 Å².